The van der Waals surface area contributed by atoms with Crippen molar-refractivity contribution in [3.8, 4) is 0 Å². The second-order valence-electron chi connectivity index (χ2n) is 2.67. The molecule has 0 radical (unpaired) electrons. The van der Waals surface area contributed by atoms with E-state index in [0.29, 0.717) is 11.9 Å². The predicted octanol–water partition coefficient (Wildman–Crippen LogP) is 1.47. The molecular weight excluding hydrogens is 185 g/mol. The summed E-state index contributed by atoms with van der Waals surface area (Å²) in [6.45, 7) is 4.87. The highest BCUT2D eigenvalue weighted by Gasteiger charge is 2.06. The first kappa shape index (κ1) is 12.7. The van der Waals surface area contributed by atoms with Crippen molar-refractivity contribution >= 4 is 6.29 Å². The van der Waals surface area contributed by atoms with Crippen LogP contribution in [0.1, 0.15) is 6.92 Å². The van der Waals surface area contributed by atoms with Gasteiger partial charge in [-0.3, -0.25) is 9.63 Å². The number of hydrogen-bond acceptors (Lipinski definition) is 3. The Morgan fingerprint density at radius 2 is 2.36 bits per heavy atom. The maximum absolute atomic E-state index is 12.8. The molecule has 0 aromatic carbocycles. The summed E-state index contributed by atoms with van der Waals surface area (Å²) in [5.74, 6) is 4.87. The van der Waals surface area contributed by atoms with Gasteiger partial charge in [0.15, 0.2) is 0 Å². The van der Waals surface area contributed by atoms with Crippen molar-refractivity contribution in [1.29, 1.82) is 0 Å². The fourth-order valence-corrected chi connectivity index (χ4v) is 0.842. The Morgan fingerprint density at radius 3 is 2.71 bits per heavy atom. The molecule has 4 heteroatoms. The van der Waals surface area contributed by atoms with Crippen LogP contribution in [-0.2, 0) is 9.63 Å². The maximum atomic E-state index is 12.8. The molecule has 0 spiro atoms. The van der Waals surface area contributed by atoms with Crippen molar-refractivity contribution in [1.82, 2.24) is 0 Å². The van der Waals surface area contributed by atoms with Crippen LogP contribution in [-0.4, -0.2) is 19.1 Å². The first-order valence-corrected chi connectivity index (χ1v) is 4.09. The Balaban J connectivity index is 4.75. The summed E-state index contributed by atoms with van der Waals surface area (Å²) < 4.78 is 12.8. The van der Waals surface area contributed by atoms with Gasteiger partial charge in [0.1, 0.15) is 12.5 Å². The van der Waals surface area contributed by atoms with E-state index in [4.69, 9.17) is 5.90 Å². The van der Waals surface area contributed by atoms with E-state index in [1.165, 1.54) is 19.1 Å². The number of hydrogen-bond donors (Lipinski definition) is 1. The smallest absolute Gasteiger partial charge is 0.148 e. The Kier molecular flexibility index (Phi) is 6.53. The Labute approximate surface area is 82.7 Å². The molecule has 0 aromatic rings. The molecule has 0 saturated heterocycles. The van der Waals surface area contributed by atoms with Gasteiger partial charge in [0.2, 0.25) is 0 Å². The highest BCUT2D eigenvalue weighted by atomic mass is 19.1. The predicted molar refractivity (Wildman–Crippen MR) is 53.1 cm³/mol. The second-order valence-corrected chi connectivity index (χ2v) is 2.67. The van der Waals surface area contributed by atoms with E-state index in [-0.39, 0.29) is 12.2 Å². The summed E-state index contributed by atoms with van der Waals surface area (Å²) >= 11 is 0. The van der Waals surface area contributed by atoms with Crippen molar-refractivity contribution in [2.24, 2.45) is 5.90 Å². The van der Waals surface area contributed by atoms with Crippen molar-refractivity contribution in [2.45, 2.75) is 13.1 Å². The summed E-state index contributed by atoms with van der Waals surface area (Å²) in [5.41, 5.74) is 0.643. The molecule has 0 heterocycles. The Morgan fingerprint density at radius 1 is 1.71 bits per heavy atom. The van der Waals surface area contributed by atoms with Crippen LogP contribution in [0.5, 0.6) is 0 Å². The molecular formula is C10H14FNO2. The van der Waals surface area contributed by atoms with Gasteiger partial charge in [0.05, 0.1) is 6.61 Å². The Bertz CT molecular complexity index is 257. The molecule has 14 heavy (non-hydrogen) atoms. The summed E-state index contributed by atoms with van der Waals surface area (Å²) in [4.78, 5) is 14.8. The second kappa shape index (κ2) is 7.17. The molecule has 1 unspecified atom stereocenters. The molecule has 2 N–H and O–H groups in total. The van der Waals surface area contributed by atoms with Crippen molar-refractivity contribution in [3.63, 3.8) is 0 Å². The van der Waals surface area contributed by atoms with Gasteiger partial charge in [-0.15, -0.1) is 0 Å². The maximum Gasteiger partial charge on any atom is 0.148 e. The van der Waals surface area contributed by atoms with Crippen LogP contribution < -0.4 is 5.90 Å². The van der Waals surface area contributed by atoms with Gasteiger partial charge < -0.3 is 0 Å². The molecule has 0 aliphatic carbocycles. The lowest BCUT2D eigenvalue weighted by atomic mass is 10.1. The molecule has 3 nitrogen and oxygen atoms in total. The minimum Gasteiger partial charge on any atom is -0.300 e. The van der Waals surface area contributed by atoms with Crippen LogP contribution in [0, 0.1) is 0 Å². The molecule has 0 bridgehead atoms. The van der Waals surface area contributed by atoms with Gasteiger partial charge in [-0.2, -0.15) is 0 Å². The molecule has 0 aromatic heterocycles. The third-order valence-corrected chi connectivity index (χ3v) is 1.53. The van der Waals surface area contributed by atoms with E-state index in [9.17, 15) is 9.18 Å². The van der Waals surface area contributed by atoms with Crippen LogP contribution in [0.3, 0.4) is 0 Å². The van der Waals surface area contributed by atoms with Crippen molar-refractivity contribution < 1.29 is 14.0 Å². The Hall–Kier alpha value is -1.26. The van der Waals surface area contributed by atoms with E-state index in [1.807, 2.05) is 0 Å². The third kappa shape index (κ3) is 4.69. The fourth-order valence-electron chi connectivity index (χ4n) is 0.842. The highest BCUT2D eigenvalue weighted by Crippen LogP contribution is 2.08. The number of carbonyl (C=O) groups excluding carboxylic acids is 1. The standard InChI is InChI=1S/C10H14FNO2/c1-3-4-9(7-14-12)5-10(6-13)8(2)11/h3-6,8H,1,7,12H2,2H3/b9-4+,10-5-. The summed E-state index contributed by atoms with van der Waals surface area (Å²) in [5, 5.41) is 0. The van der Waals surface area contributed by atoms with Gasteiger partial charge in [-0.1, -0.05) is 18.7 Å². The lowest BCUT2D eigenvalue weighted by Gasteiger charge is -2.03. The van der Waals surface area contributed by atoms with Gasteiger partial charge in [0, 0.05) is 5.57 Å². The SMILES string of the molecule is C=C/C=C(\C=C(\C=O)C(C)F)CON. The van der Waals surface area contributed by atoms with E-state index in [0.717, 1.165) is 0 Å². The van der Waals surface area contributed by atoms with Gasteiger partial charge >= 0.3 is 0 Å². The van der Waals surface area contributed by atoms with Crippen molar-refractivity contribution in [2.75, 3.05) is 6.61 Å². The number of alkyl halides is 1. The first-order valence-electron chi connectivity index (χ1n) is 4.09. The zero-order valence-corrected chi connectivity index (χ0v) is 8.07. The van der Waals surface area contributed by atoms with E-state index in [1.54, 1.807) is 6.08 Å². The topological polar surface area (TPSA) is 52.3 Å². The number of rotatable bonds is 6. The zero-order valence-electron chi connectivity index (χ0n) is 8.07. The van der Waals surface area contributed by atoms with Crippen LogP contribution in [0.4, 0.5) is 4.39 Å². The zero-order chi connectivity index (χ0) is 11.0. The lowest BCUT2D eigenvalue weighted by molar-refractivity contribution is -0.105. The quantitative estimate of drug-likeness (QED) is 0.305. The fraction of sp³-hybridized carbons (Fsp3) is 0.300. The average Bonchev–Trinajstić information content (AvgIpc) is 2.14. The van der Waals surface area contributed by atoms with Crippen LogP contribution >= 0.6 is 0 Å². The van der Waals surface area contributed by atoms with Crippen LogP contribution in [0.15, 0.2) is 36.0 Å². The normalized spacial score (nSPS) is 15.1. The number of carbonyl (C=O) groups is 1. The van der Waals surface area contributed by atoms with E-state index >= 15 is 0 Å². The number of aldehydes is 1. The summed E-state index contributed by atoms with van der Waals surface area (Å²) in [6.07, 6.45) is 3.66. The van der Waals surface area contributed by atoms with Gasteiger partial charge in [0.25, 0.3) is 0 Å². The molecule has 78 valence electrons. The van der Waals surface area contributed by atoms with E-state index < -0.39 is 6.17 Å². The average molecular weight is 199 g/mol. The third-order valence-electron chi connectivity index (χ3n) is 1.53. The summed E-state index contributed by atoms with van der Waals surface area (Å²) in [6, 6.07) is 0. The number of allylic oxidation sites excluding steroid dienone is 3. The van der Waals surface area contributed by atoms with E-state index in [2.05, 4.69) is 11.4 Å². The van der Waals surface area contributed by atoms with Gasteiger partial charge in [-0.05, 0) is 18.6 Å². The minimum absolute atomic E-state index is 0.0511. The summed E-state index contributed by atoms with van der Waals surface area (Å²) in [7, 11) is 0. The molecule has 0 amide bonds. The number of halogens is 1. The first-order chi connectivity index (χ1) is 6.65. The van der Waals surface area contributed by atoms with Crippen LogP contribution in [0.25, 0.3) is 0 Å². The monoisotopic (exact) mass is 199 g/mol. The van der Waals surface area contributed by atoms with Crippen LogP contribution in [0.2, 0.25) is 0 Å². The lowest BCUT2D eigenvalue weighted by Crippen LogP contribution is -2.05. The van der Waals surface area contributed by atoms with Crippen molar-refractivity contribution in [3.05, 3.63) is 36.0 Å². The largest absolute Gasteiger partial charge is 0.300 e. The molecule has 0 aliphatic heterocycles. The highest BCUT2D eigenvalue weighted by molar-refractivity contribution is 5.75. The number of nitrogens with two attached hydrogens (primary N) is 1. The molecule has 1 atom stereocenters. The molecule has 0 fully saturated rings. The molecule has 0 saturated carbocycles. The van der Waals surface area contributed by atoms with Gasteiger partial charge in [-0.25, -0.2) is 10.3 Å². The minimum atomic E-state index is -1.31. The molecule has 0 rings (SSSR count). The molecule has 0 aliphatic rings.